The molecule has 0 bridgehead atoms. The number of nitrogens with one attached hydrogen (secondary N) is 1. The minimum absolute atomic E-state index is 0.159. The third-order valence-electron chi connectivity index (χ3n) is 5.52. The van der Waals surface area contributed by atoms with Gasteiger partial charge >= 0.3 is 0 Å². The summed E-state index contributed by atoms with van der Waals surface area (Å²) in [6.07, 6.45) is -0.332. The van der Waals surface area contributed by atoms with Crippen molar-refractivity contribution in [1.29, 1.82) is 0 Å². The summed E-state index contributed by atoms with van der Waals surface area (Å²) in [4.78, 5) is 17.4. The Morgan fingerprint density at radius 1 is 1.09 bits per heavy atom. The topological polar surface area (TPSA) is 88.6 Å². The van der Waals surface area contributed by atoms with E-state index in [0.29, 0.717) is 23.8 Å². The number of anilines is 1. The number of benzene rings is 2. The third-order valence-corrected chi connectivity index (χ3v) is 8.13. The Bertz CT molecular complexity index is 1260. The summed E-state index contributed by atoms with van der Waals surface area (Å²) in [6, 6.07) is 12.1. The second-order valence-electron chi connectivity index (χ2n) is 8.41. The van der Waals surface area contributed by atoms with Gasteiger partial charge in [0.25, 0.3) is 5.91 Å². The fraction of sp³-hybridized carbons (Fsp3) is 0.333. The number of carbonyl (C=O) groups excluding carboxylic acids is 1. The molecule has 0 radical (unpaired) electrons. The van der Waals surface area contributed by atoms with Gasteiger partial charge in [-0.15, -0.1) is 11.3 Å². The normalized spacial score (nSPS) is 19.4. The molecule has 7 nitrogen and oxygen atoms in total. The monoisotopic (exact) mass is 485 g/mol. The summed E-state index contributed by atoms with van der Waals surface area (Å²) in [5.74, 6) is -0.339. The van der Waals surface area contributed by atoms with Crippen molar-refractivity contribution in [3.05, 3.63) is 64.5 Å². The molecular formula is C24H27N3O4S2. The van der Waals surface area contributed by atoms with Crippen molar-refractivity contribution in [2.75, 3.05) is 18.4 Å². The number of sulfonamides is 1. The van der Waals surface area contributed by atoms with Crippen LogP contribution in [-0.2, 0) is 14.8 Å². The van der Waals surface area contributed by atoms with Gasteiger partial charge in [0.2, 0.25) is 10.0 Å². The standard InChI is InChI=1S/C24H27N3O4S2/c1-15-5-10-21(16(2)11-15)22-14-32-24(25-22)26-23(28)19-6-8-20(9-7-19)33(29,30)27-12-17(3)31-18(4)13-27/h5-11,14,17-18H,12-13H2,1-4H3,(H,25,26,28). The molecule has 1 fully saturated rings. The maximum Gasteiger partial charge on any atom is 0.257 e. The molecule has 0 saturated carbocycles. The lowest BCUT2D eigenvalue weighted by Crippen LogP contribution is -2.48. The lowest BCUT2D eigenvalue weighted by atomic mass is 10.0. The molecule has 2 heterocycles. The number of carbonyl (C=O) groups is 1. The summed E-state index contributed by atoms with van der Waals surface area (Å²) in [6.45, 7) is 8.41. The zero-order chi connectivity index (χ0) is 23.8. The smallest absolute Gasteiger partial charge is 0.257 e. The molecule has 1 saturated heterocycles. The van der Waals surface area contributed by atoms with Crippen molar-refractivity contribution in [1.82, 2.24) is 9.29 Å². The van der Waals surface area contributed by atoms with E-state index in [1.54, 1.807) is 0 Å². The number of amides is 1. The first kappa shape index (κ1) is 23.6. The molecule has 0 spiro atoms. The van der Waals surface area contributed by atoms with E-state index in [4.69, 9.17) is 4.74 Å². The molecule has 3 aromatic rings. The predicted octanol–water partition coefficient (Wildman–Crippen LogP) is 4.48. The molecular weight excluding hydrogens is 458 g/mol. The number of hydrogen-bond donors (Lipinski definition) is 1. The first-order chi connectivity index (χ1) is 15.6. The molecule has 1 aliphatic rings. The second-order valence-corrected chi connectivity index (χ2v) is 11.2. The first-order valence-corrected chi connectivity index (χ1v) is 13.1. The van der Waals surface area contributed by atoms with Crippen LogP contribution in [0.1, 0.15) is 35.3 Å². The van der Waals surface area contributed by atoms with Gasteiger partial charge in [-0.3, -0.25) is 10.1 Å². The molecule has 0 aliphatic carbocycles. The number of rotatable bonds is 5. The van der Waals surface area contributed by atoms with Crippen LogP contribution in [-0.4, -0.2) is 48.9 Å². The predicted molar refractivity (Wildman–Crippen MR) is 130 cm³/mol. The molecule has 9 heteroatoms. The van der Waals surface area contributed by atoms with Gasteiger partial charge in [-0.1, -0.05) is 23.8 Å². The molecule has 33 heavy (non-hydrogen) atoms. The van der Waals surface area contributed by atoms with Crippen molar-refractivity contribution in [2.24, 2.45) is 0 Å². The Balaban J connectivity index is 1.46. The number of nitrogens with zero attached hydrogens (tertiary/aromatic N) is 2. The van der Waals surface area contributed by atoms with Crippen LogP contribution in [0.5, 0.6) is 0 Å². The number of hydrogen-bond acceptors (Lipinski definition) is 6. The van der Waals surface area contributed by atoms with Crippen molar-refractivity contribution >= 4 is 32.4 Å². The van der Waals surface area contributed by atoms with Crippen LogP contribution in [0, 0.1) is 13.8 Å². The summed E-state index contributed by atoms with van der Waals surface area (Å²) in [5.41, 5.74) is 4.50. The van der Waals surface area contributed by atoms with Gasteiger partial charge in [0.05, 0.1) is 22.8 Å². The maximum atomic E-state index is 13.0. The number of morpholine rings is 1. The van der Waals surface area contributed by atoms with Crippen molar-refractivity contribution < 1.29 is 17.9 Å². The van der Waals surface area contributed by atoms with E-state index in [2.05, 4.69) is 16.4 Å². The molecule has 1 aromatic heterocycles. The summed E-state index contributed by atoms with van der Waals surface area (Å²) < 4.78 is 33.1. The minimum Gasteiger partial charge on any atom is -0.373 e. The molecule has 174 valence electrons. The van der Waals surface area contributed by atoms with E-state index in [0.717, 1.165) is 16.8 Å². The van der Waals surface area contributed by atoms with Gasteiger partial charge in [0.15, 0.2) is 5.13 Å². The first-order valence-electron chi connectivity index (χ1n) is 10.7. The van der Waals surface area contributed by atoms with Gasteiger partial charge in [-0.2, -0.15) is 4.31 Å². The van der Waals surface area contributed by atoms with Crippen LogP contribution in [0.2, 0.25) is 0 Å². The Kier molecular flexibility index (Phi) is 6.67. The summed E-state index contributed by atoms with van der Waals surface area (Å²) in [7, 11) is -3.65. The Morgan fingerprint density at radius 3 is 2.39 bits per heavy atom. The Hall–Kier alpha value is -2.59. The van der Waals surface area contributed by atoms with Gasteiger partial charge in [0, 0.05) is 29.6 Å². The van der Waals surface area contributed by atoms with Crippen LogP contribution in [0.25, 0.3) is 11.3 Å². The van der Waals surface area contributed by atoms with Crippen molar-refractivity contribution in [3.8, 4) is 11.3 Å². The lowest BCUT2D eigenvalue weighted by molar-refractivity contribution is -0.0440. The minimum atomic E-state index is -3.65. The fourth-order valence-corrected chi connectivity index (χ4v) is 6.28. The van der Waals surface area contributed by atoms with Gasteiger partial charge in [-0.25, -0.2) is 13.4 Å². The van der Waals surface area contributed by atoms with Crippen LogP contribution in [0.15, 0.2) is 52.7 Å². The highest BCUT2D eigenvalue weighted by Gasteiger charge is 2.32. The van der Waals surface area contributed by atoms with Crippen LogP contribution in [0.3, 0.4) is 0 Å². The summed E-state index contributed by atoms with van der Waals surface area (Å²) >= 11 is 1.35. The van der Waals surface area contributed by atoms with Crippen LogP contribution in [0.4, 0.5) is 5.13 Å². The lowest BCUT2D eigenvalue weighted by Gasteiger charge is -2.34. The second kappa shape index (κ2) is 9.34. The van der Waals surface area contributed by atoms with E-state index in [1.165, 1.54) is 45.5 Å². The quantitative estimate of drug-likeness (QED) is 0.576. The molecule has 2 unspecified atom stereocenters. The Morgan fingerprint density at radius 2 is 1.76 bits per heavy atom. The zero-order valence-electron chi connectivity index (χ0n) is 19.0. The van der Waals surface area contributed by atoms with Gasteiger partial charge in [0.1, 0.15) is 0 Å². The van der Waals surface area contributed by atoms with Gasteiger partial charge < -0.3 is 4.74 Å². The van der Waals surface area contributed by atoms with E-state index in [9.17, 15) is 13.2 Å². The number of ether oxygens (including phenoxy) is 1. The maximum absolute atomic E-state index is 13.0. The third kappa shape index (κ3) is 5.16. The molecule has 1 amide bonds. The highest BCUT2D eigenvalue weighted by atomic mass is 32.2. The SMILES string of the molecule is Cc1ccc(-c2csc(NC(=O)c3ccc(S(=O)(=O)N4CC(C)OC(C)C4)cc3)n2)c(C)c1. The van der Waals surface area contributed by atoms with E-state index >= 15 is 0 Å². The van der Waals surface area contributed by atoms with Crippen LogP contribution >= 0.6 is 11.3 Å². The van der Waals surface area contributed by atoms with Crippen LogP contribution < -0.4 is 5.32 Å². The molecule has 1 aliphatic heterocycles. The largest absolute Gasteiger partial charge is 0.373 e. The molecule has 2 aromatic carbocycles. The van der Waals surface area contributed by atoms with E-state index in [1.807, 2.05) is 45.2 Å². The molecule has 4 rings (SSSR count). The van der Waals surface area contributed by atoms with Gasteiger partial charge in [-0.05, 0) is 57.5 Å². The number of thiazole rings is 1. The van der Waals surface area contributed by atoms with Crippen molar-refractivity contribution in [3.63, 3.8) is 0 Å². The van der Waals surface area contributed by atoms with E-state index < -0.39 is 10.0 Å². The van der Waals surface area contributed by atoms with E-state index in [-0.39, 0.29) is 23.0 Å². The Labute approximate surface area is 198 Å². The number of aryl methyl sites for hydroxylation is 2. The molecule has 2 atom stereocenters. The summed E-state index contributed by atoms with van der Waals surface area (Å²) in [5, 5.41) is 5.20. The fourth-order valence-electron chi connectivity index (χ4n) is 3.98. The average Bonchev–Trinajstić information content (AvgIpc) is 3.21. The zero-order valence-corrected chi connectivity index (χ0v) is 20.7. The average molecular weight is 486 g/mol. The molecule has 1 N–H and O–H groups in total. The highest BCUT2D eigenvalue weighted by Crippen LogP contribution is 2.28. The number of aromatic nitrogens is 1. The van der Waals surface area contributed by atoms with Crippen molar-refractivity contribution in [2.45, 2.75) is 44.8 Å². The highest BCUT2D eigenvalue weighted by molar-refractivity contribution is 7.89.